The maximum atomic E-state index is 13.4. The topological polar surface area (TPSA) is 78.0 Å². The van der Waals surface area contributed by atoms with Crippen LogP contribution in [0.5, 0.6) is 0 Å². The quantitative estimate of drug-likeness (QED) is 0.624. The maximum absolute atomic E-state index is 13.4. The van der Waals surface area contributed by atoms with Gasteiger partial charge in [-0.25, -0.2) is 8.42 Å². The monoisotopic (exact) mass is 481 g/mol. The van der Waals surface area contributed by atoms with Gasteiger partial charge in [0.25, 0.3) is 0 Å². The number of thioether (sulfide) groups is 1. The van der Waals surface area contributed by atoms with Crippen LogP contribution in [0.2, 0.25) is 0 Å². The number of piperidine rings is 1. The van der Waals surface area contributed by atoms with E-state index in [0.717, 1.165) is 48.2 Å². The van der Waals surface area contributed by atoms with Gasteiger partial charge in [-0.05, 0) is 69.2 Å². The van der Waals surface area contributed by atoms with Gasteiger partial charge < -0.3 is 9.80 Å². The highest BCUT2D eigenvalue weighted by molar-refractivity contribution is 8.00. The first-order valence-corrected chi connectivity index (χ1v) is 13.9. The number of nitrogens with zero attached hydrogens (tertiary/aromatic N) is 3. The molecule has 3 rings (SSSR count). The number of sulfonamides is 1. The van der Waals surface area contributed by atoms with E-state index in [4.69, 9.17) is 0 Å². The molecule has 9 heteroatoms. The van der Waals surface area contributed by atoms with Crippen LogP contribution in [-0.4, -0.2) is 85.1 Å². The highest BCUT2D eigenvalue weighted by Gasteiger charge is 2.33. The number of benzene rings is 1. The molecule has 0 aromatic heterocycles. The van der Waals surface area contributed by atoms with Gasteiger partial charge in [0.2, 0.25) is 21.8 Å². The number of carbonyl (C=O) groups excluding carboxylic acids is 2. The molecule has 2 aliphatic heterocycles. The Balaban J connectivity index is 1.53. The first kappa shape index (κ1) is 25.1. The van der Waals surface area contributed by atoms with E-state index in [2.05, 4.69) is 0 Å². The Labute approximate surface area is 196 Å². The van der Waals surface area contributed by atoms with E-state index in [1.165, 1.54) is 22.5 Å². The smallest absolute Gasteiger partial charge is 0.243 e. The molecule has 0 radical (unpaired) electrons. The minimum Gasteiger partial charge on any atom is -0.342 e. The highest BCUT2D eigenvalue weighted by atomic mass is 32.2. The molecule has 1 aromatic rings. The van der Waals surface area contributed by atoms with E-state index in [9.17, 15) is 18.0 Å². The van der Waals surface area contributed by atoms with E-state index >= 15 is 0 Å². The van der Waals surface area contributed by atoms with Crippen LogP contribution in [0.3, 0.4) is 0 Å². The first-order valence-electron chi connectivity index (χ1n) is 11.3. The molecule has 0 saturated carbocycles. The number of hydrogen-bond donors (Lipinski definition) is 0. The lowest BCUT2D eigenvalue weighted by atomic mass is 10.0. The summed E-state index contributed by atoms with van der Waals surface area (Å²) in [4.78, 5) is 28.9. The number of hydrogen-bond acceptors (Lipinski definition) is 5. The summed E-state index contributed by atoms with van der Waals surface area (Å²) in [6, 6.07) is 2.02. The summed E-state index contributed by atoms with van der Waals surface area (Å²) in [5, 5.41) is 0. The van der Waals surface area contributed by atoms with Gasteiger partial charge in [-0.1, -0.05) is 6.07 Å². The van der Waals surface area contributed by atoms with Gasteiger partial charge in [-0.3, -0.25) is 9.59 Å². The molecule has 7 nitrogen and oxygen atoms in total. The molecule has 2 saturated heterocycles. The fraction of sp³-hybridized carbons (Fsp3) is 0.652. The standard InChI is InChI=1S/C23H35N3O4S2/c1-17-14-18(2)20(4)23(19(17)3)32(29,30)26-12-10-25(11-13-26)22(28)16-31-15-21(27)24-8-6-5-7-9-24/h14H,5-13,15-16H2,1-4H3. The van der Waals surface area contributed by atoms with Crippen molar-refractivity contribution in [3.8, 4) is 0 Å². The average molecular weight is 482 g/mol. The predicted molar refractivity (Wildman–Crippen MR) is 128 cm³/mol. The van der Waals surface area contributed by atoms with Gasteiger partial charge in [-0.15, -0.1) is 11.8 Å². The van der Waals surface area contributed by atoms with Gasteiger partial charge in [0, 0.05) is 39.3 Å². The number of likely N-dealkylation sites (tertiary alicyclic amines) is 1. The van der Waals surface area contributed by atoms with E-state index in [0.29, 0.717) is 23.7 Å². The van der Waals surface area contributed by atoms with Gasteiger partial charge in [-0.2, -0.15) is 4.31 Å². The Morgan fingerprint density at radius 3 is 1.75 bits per heavy atom. The number of amides is 2. The molecule has 2 aliphatic rings. The zero-order chi connectivity index (χ0) is 23.5. The molecule has 0 N–H and O–H groups in total. The van der Waals surface area contributed by atoms with Crippen molar-refractivity contribution in [2.45, 2.75) is 51.9 Å². The molecule has 0 unspecified atom stereocenters. The molecule has 32 heavy (non-hydrogen) atoms. The summed E-state index contributed by atoms with van der Waals surface area (Å²) in [6.45, 7) is 10.6. The number of piperazine rings is 1. The maximum Gasteiger partial charge on any atom is 0.243 e. The van der Waals surface area contributed by atoms with Crippen molar-refractivity contribution >= 4 is 33.6 Å². The Hall–Kier alpha value is -1.58. The predicted octanol–water partition coefficient (Wildman–Crippen LogP) is 2.50. The Morgan fingerprint density at radius 1 is 0.781 bits per heavy atom. The van der Waals surface area contributed by atoms with Gasteiger partial charge in [0.15, 0.2) is 0 Å². The molecule has 2 amide bonds. The van der Waals surface area contributed by atoms with Crippen LogP contribution in [-0.2, 0) is 19.6 Å². The molecular formula is C23H35N3O4S2. The van der Waals surface area contributed by atoms with Gasteiger partial charge in [0.1, 0.15) is 0 Å². The summed E-state index contributed by atoms with van der Waals surface area (Å²) < 4.78 is 28.3. The van der Waals surface area contributed by atoms with Crippen molar-refractivity contribution in [2.75, 3.05) is 50.8 Å². The molecular weight excluding hydrogens is 446 g/mol. The van der Waals surface area contributed by atoms with Crippen LogP contribution < -0.4 is 0 Å². The lowest BCUT2D eigenvalue weighted by Crippen LogP contribution is -2.51. The Morgan fingerprint density at radius 2 is 1.25 bits per heavy atom. The minimum atomic E-state index is -3.62. The Kier molecular flexibility index (Phi) is 8.27. The van der Waals surface area contributed by atoms with E-state index in [1.54, 1.807) is 4.90 Å². The molecule has 178 valence electrons. The van der Waals surface area contributed by atoms with Crippen LogP contribution in [0.15, 0.2) is 11.0 Å². The fourth-order valence-corrected chi connectivity index (χ4v) is 7.24. The third-order valence-electron chi connectivity index (χ3n) is 6.65. The summed E-state index contributed by atoms with van der Waals surface area (Å²) in [5.41, 5.74) is 3.52. The van der Waals surface area contributed by atoms with Crippen LogP contribution in [0.1, 0.15) is 41.5 Å². The van der Waals surface area contributed by atoms with E-state index in [-0.39, 0.29) is 30.7 Å². The average Bonchev–Trinajstić information content (AvgIpc) is 2.78. The van der Waals surface area contributed by atoms with Crippen LogP contribution in [0, 0.1) is 27.7 Å². The molecule has 2 heterocycles. The third kappa shape index (κ3) is 5.48. The van der Waals surface area contributed by atoms with Crippen LogP contribution in [0.25, 0.3) is 0 Å². The molecule has 0 aliphatic carbocycles. The molecule has 2 fully saturated rings. The first-order chi connectivity index (χ1) is 15.1. The van der Waals surface area contributed by atoms with Crippen molar-refractivity contribution in [1.82, 2.24) is 14.1 Å². The largest absolute Gasteiger partial charge is 0.342 e. The zero-order valence-electron chi connectivity index (χ0n) is 19.6. The number of rotatable bonds is 6. The van der Waals surface area contributed by atoms with Crippen molar-refractivity contribution in [3.63, 3.8) is 0 Å². The van der Waals surface area contributed by atoms with Crippen LogP contribution in [0.4, 0.5) is 0 Å². The normalized spacial score (nSPS) is 18.1. The van der Waals surface area contributed by atoms with Crippen molar-refractivity contribution in [3.05, 3.63) is 28.3 Å². The SMILES string of the molecule is Cc1cc(C)c(C)c(S(=O)(=O)N2CCN(C(=O)CSCC(=O)N3CCCCC3)CC2)c1C. The summed E-state index contributed by atoms with van der Waals surface area (Å²) in [7, 11) is -3.62. The molecule has 0 atom stereocenters. The third-order valence-corrected chi connectivity index (χ3v) is 9.72. The number of carbonyl (C=O) groups is 2. The van der Waals surface area contributed by atoms with Crippen molar-refractivity contribution < 1.29 is 18.0 Å². The second kappa shape index (κ2) is 10.6. The molecule has 0 spiro atoms. The van der Waals surface area contributed by atoms with Crippen LogP contribution >= 0.6 is 11.8 Å². The van der Waals surface area contributed by atoms with E-state index < -0.39 is 10.0 Å². The molecule has 1 aromatic carbocycles. The second-order valence-electron chi connectivity index (χ2n) is 8.81. The lowest BCUT2D eigenvalue weighted by Gasteiger charge is -2.35. The highest BCUT2D eigenvalue weighted by Crippen LogP contribution is 2.29. The van der Waals surface area contributed by atoms with Crippen molar-refractivity contribution in [2.24, 2.45) is 0 Å². The van der Waals surface area contributed by atoms with Gasteiger partial charge in [0.05, 0.1) is 16.4 Å². The fourth-order valence-electron chi connectivity index (χ4n) is 4.43. The minimum absolute atomic E-state index is 0.0303. The summed E-state index contributed by atoms with van der Waals surface area (Å²) in [6.07, 6.45) is 3.30. The second-order valence-corrected chi connectivity index (χ2v) is 11.7. The van der Waals surface area contributed by atoms with Gasteiger partial charge >= 0.3 is 0 Å². The zero-order valence-corrected chi connectivity index (χ0v) is 21.3. The molecule has 0 bridgehead atoms. The summed E-state index contributed by atoms with van der Waals surface area (Å²) >= 11 is 1.35. The Bertz CT molecular complexity index is 938. The lowest BCUT2D eigenvalue weighted by molar-refractivity contribution is -0.129. The van der Waals surface area contributed by atoms with E-state index in [1.807, 2.05) is 38.7 Å². The van der Waals surface area contributed by atoms with Crippen molar-refractivity contribution in [1.29, 1.82) is 0 Å². The summed E-state index contributed by atoms with van der Waals surface area (Å²) in [5.74, 6) is 0.655. The number of aryl methyl sites for hydroxylation is 2.